The zero-order valence-electron chi connectivity index (χ0n) is 11.7. The Morgan fingerprint density at radius 2 is 1.85 bits per heavy atom. The van der Waals surface area contributed by atoms with Crippen LogP contribution in [0.25, 0.3) is 11.1 Å². The molecule has 2 aliphatic rings. The Labute approximate surface area is 118 Å². The summed E-state index contributed by atoms with van der Waals surface area (Å²) in [5, 5.41) is 0. The molecule has 0 bridgehead atoms. The SMILES string of the molecule is Nc1cccc2oc(CN(CC3CC3)CC3CC3)nc12. The second-order valence-electron chi connectivity index (χ2n) is 6.38. The van der Waals surface area contributed by atoms with Crippen molar-refractivity contribution in [2.75, 3.05) is 18.8 Å². The topological polar surface area (TPSA) is 55.3 Å². The van der Waals surface area contributed by atoms with Gasteiger partial charge in [-0.05, 0) is 49.7 Å². The average Bonchev–Trinajstić information content (AvgIpc) is 3.32. The van der Waals surface area contributed by atoms with Crippen molar-refractivity contribution >= 4 is 16.8 Å². The number of para-hydroxylation sites is 1. The van der Waals surface area contributed by atoms with E-state index in [0.29, 0.717) is 5.69 Å². The summed E-state index contributed by atoms with van der Waals surface area (Å²) in [6, 6.07) is 5.73. The van der Waals surface area contributed by atoms with Gasteiger partial charge >= 0.3 is 0 Å². The molecule has 106 valence electrons. The van der Waals surface area contributed by atoms with Crippen molar-refractivity contribution in [1.82, 2.24) is 9.88 Å². The van der Waals surface area contributed by atoms with Crippen LogP contribution in [0.4, 0.5) is 5.69 Å². The van der Waals surface area contributed by atoms with Crippen LogP contribution in [0.1, 0.15) is 31.6 Å². The van der Waals surface area contributed by atoms with Crippen molar-refractivity contribution in [3.63, 3.8) is 0 Å². The summed E-state index contributed by atoms with van der Waals surface area (Å²) in [5.74, 6) is 2.62. The molecule has 0 atom stereocenters. The molecule has 0 aliphatic heterocycles. The molecule has 1 heterocycles. The van der Waals surface area contributed by atoms with Gasteiger partial charge in [0.05, 0.1) is 12.2 Å². The summed E-state index contributed by atoms with van der Waals surface area (Å²) in [5.41, 5.74) is 8.26. The van der Waals surface area contributed by atoms with E-state index < -0.39 is 0 Å². The van der Waals surface area contributed by atoms with Crippen molar-refractivity contribution in [3.8, 4) is 0 Å². The normalized spacial score (nSPS) is 19.1. The number of fused-ring (bicyclic) bond motifs is 1. The minimum atomic E-state index is 0.702. The summed E-state index contributed by atoms with van der Waals surface area (Å²) >= 11 is 0. The molecule has 4 nitrogen and oxygen atoms in total. The van der Waals surface area contributed by atoms with E-state index >= 15 is 0 Å². The first kappa shape index (κ1) is 12.2. The van der Waals surface area contributed by atoms with Crippen LogP contribution in [0.15, 0.2) is 22.6 Å². The van der Waals surface area contributed by atoms with Gasteiger partial charge < -0.3 is 10.2 Å². The fraction of sp³-hybridized carbons (Fsp3) is 0.562. The highest BCUT2D eigenvalue weighted by molar-refractivity contribution is 5.85. The number of aromatic nitrogens is 1. The van der Waals surface area contributed by atoms with Crippen molar-refractivity contribution in [3.05, 3.63) is 24.1 Å². The Morgan fingerprint density at radius 3 is 2.45 bits per heavy atom. The fourth-order valence-electron chi connectivity index (χ4n) is 2.81. The molecule has 2 aromatic rings. The van der Waals surface area contributed by atoms with Gasteiger partial charge in [0.15, 0.2) is 5.58 Å². The molecule has 0 unspecified atom stereocenters. The molecule has 0 amide bonds. The monoisotopic (exact) mass is 271 g/mol. The van der Waals surface area contributed by atoms with Crippen molar-refractivity contribution < 1.29 is 4.42 Å². The van der Waals surface area contributed by atoms with Crippen LogP contribution < -0.4 is 5.73 Å². The largest absolute Gasteiger partial charge is 0.439 e. The molecule has 2 N–H and O–H groups in total. The summed E-state index contributed by atoms with van der Waals surface area (Å²) in [6.07, 6.45) is 5.56. The highest BCUT2D eigenvalue weighted by atomic mass is 16.3. The van der Waals surface area contributed by atoms with Crippen LogP contribution in [0, 0.1) is 11.8 Å². The Bertz CT molecular complexity index is 599. The number of hydrogen-bond donors (Lipinski definition) is 1. The average molecular weight is 271 g/mol. The van der Waals surface area contributed by atoms with Gasteiger partial charge in [0.1, 0.15) is 5.52 Å². The molecule has 1 aromatic heterocycles. The van der Waals surface area contributed by atoms with Gasteiger partial charge in [0.25, 0.3) is 0 Å². The minimum Gasteiger partial charge on any atom is -0.439 e. The molecular formula is C16H21N3O. The lowest BCUT2D eigenvalue weighted by molar-refractivity contribution is 0.223. The first-order chi connectivity index (χ1) is 9.78. The molecule has 4 heteroatoms. The van der Waals surface area contributed by atoms with E-state index in [9.17, 15) is 0 Å². The lowest BCUT2D eigenvalue weighted by Crippen LogP contribution is -2.28. The Kier molecular flexibility index (Phi) is 2.91. The van der Waals surface area contributed by atoms with Gasteiger partial charge in [-0.25, -0.2) is 4.98 Å². The highest BCUT2D eigenvalue weighted by Gasteiger charge is 2.29. The van der Waals surface area contributed by atoms with E-state index in [4.69, 9.17) is 10.2 Å². The summed E-state index contributed by atoms with van der Waals surface area (Å²) in [7, 11) is 0. The van der Waals surface area contributed by atoms with Gasteiger partial charge in [0, 0.05) is 13.1 Å². The summed E-state index contributed by atoms with van der Waals surface area (Å²) < 4.78 is 5.85. The third-order valence-electron chi connectivity index (χ3n) is 4.28. The van der Waals surface area contributed by atoms with E-state index in [-0.39, 0.29) is 0 Å². The first-order valence-electron chi connectivity index (χ1n) is 7.64. The Balaban J connectivity index is 1.52. The quantitative estimate of drug-likeness (QED) is 0.820. The number of anilines is 1. The molecule has 0 spiro atoms. The Morgan fingerprint density at radius 1 is 1.15 bits per heavy atom. The van der Waals surface area contributed by atoms with Gasteiger partial charge in [-0.3, -0.25) is 4.90 Å². The smallest absolute Gasteiger partial charge is 0.209 e. The second kappa shape index (κ2) is 4.77. The Hall–Kier alpha value is -1.55. The van der Waals surface area contributed by atoms with Gasteiger partial charge in [-0.15, -0.1) is 0 Å². The molecule has 0 radical (unpaired) electrons. The van der Waals surface area contributed by atoms with Gasteiger partial charge in [-0.1, -0.05) is 6.07 Å². The number of nitrogens with zero attached hydrogens (tertiary/aromatic N) is 2. The number of hydrogen-bond acceptors (Lipinski definition) is 4. The summed E-state index contributed by atoms with van der Waals surface area (Å²) in [6.45, 7) is 3.22. The standard InChI is InChI=1S/C16H21N3O/c17-13-2-1-3-14-16(13)18-15(20-14)10-19(8-11-4-5-11)9-12-6-7-12/h1-3,11-12H,4-10,17H2. The lowest BCUT2D eigenvalue weighted by Gasteiger charge is -2.20. The minimum absolute atomic E-state index is 0.702. The molecule has 1 aromatic carbocycles. The maximum atomic E-state index is 5.95. The lowest BCUT2D eigenvalue weighted by atomic mass is 10.3. The third-order valence-corrected chi connectivity index (χ3v) is 4.28. The van der Waals surface area contributed by atoms with Crippen LogP contribution in [0.2, 0.25) is 0 Å². The third kappa shape index (κ3) is 2.66. The fourth-order valence-corrected chi connectivity index (χ4v) is 2.81. The molecule has 2 aliphatic carbocycles. The summed E-state index contributed by atoms with van der Waals surface area (Å²) in [4.78, 5) is 7.10. The molecule has 4 rings (SSSR count). The zero-order chi connectivity index (χ0) is 13.5. The van der Waals surface area contributed by atoms with E-state index in [1.54, 1.807) is 0 Å². The van der Waals surface area contributed by atoms with E-state index in [2.05, 4.69) is 9.88 Å². The molecule has 2 saturated carbocycles. The van der Waals surface area contributed by atoms with E-state index in [1.807, 2.05) is 18.2 Å². The van der Waals surface area contributed by atoms with Crippen LogP contribution in [-0.4, -0.2) is 23.0 Å². The number of rotatable bonds is 6. The van der Waals surface area contributed by atoms with Gasteiger partial charge in [0.2, 0.25) is 5.89 Å². The zero-order valence-corrected chi connectivity index (χ0v) is 11.7. The second-order valence-corrected chi connectivity index (χ2v) is 6.38. The number of nitrogens with two attached hydrogens (primary N) is 1. The highest BCUT2D eigenvalue weighted by Crippen LogP contribution is 2.34. The van der Waals surface area contributed by atoms with Crippen LogP contribution in [0.3, 0.4) is 0 Å². The van der Waals surface area contributed by atoms with E-state index in [0.717, 1.165) is 35.4 Å². The van der Waals surface area contributed by atoms with Crippen LogP contribution >= 0.6 is 0 Å². The van der Waals surface area contributed by atoms with Crippen molar-refractivity contribution in [2.24, 2.45) is 11.8 Å². The maximum Gasteiger partial charge on any atom is 0.209 e. The van der Waals surface area contributed by atoms with Crippen LogP contribution in [0.5, 0.6) is 0 Å². The number of nitrogen functional groups attached to an aromatic ring is 1. The van der Waals surface area contributed by atoms with Crippen molar-refractivity contribution in [1.29, 1.82) is 0 Å². The first-order valence-corrected chi connectivity index (χ1v) is 7.64. The molecule has 2 fully saturated rings. The predicted molar refractivity (Wildman–Crippen MR) is 79.1 cm³/mol. The number of benzene rings is 1. The molecule has 20 heavy (non-hydrogen) atoms. The van der Waals surface area contributed by atoms with Gasteiger partial charge in [-0.2, -0.15) is 0 Å². The molecule has 0 saturated heterocycles. The number of oxazole rings is 1. The maximum absolute atomic E-state index is 5.95. The van der Waals surface area contributed by atoms with E-state index in [1.165, 1.54) is 38.8 Å². The predicted octanol–water partition coefficient (Wildman–Crippen LogP) is 3.03. The molecular weight excluding hydrogens is 250 g/mol. The van der Waals surface area contributed by atoms with Crippen LogP contribution in [-0.2, 0) is 6.54 Å². The van der Waals surface area contributed by atoms with Crippen molar-refractivity contribution in [2.45, 2.75) is 32.2 Å².